The lowest BCUT2D eigenvalue weighted by molar-refractivity contribution is -0.166. The Hall–Kier alpha value is -4.97. The predicted molar refractivity (Wildman–Crippen MR) is 260 cm³/mol. The molecule has 336 valence electrons. The van der Waals surface area contributed by atoms with Crippen LogP contribution in [-0.2, 0) is 28.6 Å². The van der Waals surface area contributed by atoms with Gasteiger partial charge in [-0.05, 0) is 109 Å². The minimum absolute atomic E-state index is 0.166. The van der Waals surface area contributed by atoms with Crippen molar-refractivity contribution in [3.8, 4) is 0 Å². The highest BCUT2D eigenvalue weighted by Gasteiger charge is 2.19. The summed E-state index contributed by atoms with van der Waals surface area (Å²) >= 11 is 0. The van der Waals surface area contributed by atoms with E-state index < -0.39 is 18.0 Å². The molecule has 0 fully saturated rings. The summed E-state index contributed by atoms with van der Waals surface area (Å²) in [5.41, 5.74) is 0. The van der Waals surface area contributed by atoms with Gasteiger partial charge in [0.15, 0.2) is 6.10 Å². The number of esters is 3. The number of carbonyl (C=O) groups is 3. The minimum atomic E-state index is -0.874. The van der Waals surface area contributed by atoms with Crippen LogP contribution in [0.5, 0.6) is 0 Å². The van der Waals surface area contributed by atoms with Gasteiger partial charge in [0, 0.05) is 19.3 Å². The highest BCUT2D eigenvalue weighted by molar-refractivity contribution is 5.71. The number of allylic oxidation sites excluding steroid dienone is 26. The second-order valence-corrected chi connectivity index (χ2v) is 14.2. The average molecular weight is 837 g/mol. The molecule has 6 nitrogen and oxygen atoms in total. The fraction of sp³-hybridized carbons (Fsp3) is 0.473. The predicted octanol–water partition coefficient (Wildman–Crippen LogP) is 15.1. The van der Waals surface area contributed by atoms with Gasteiger partial charge in [0.2, 0.25) is 0 Å². The molecule has 0 heterocycles. The van der Waals surface area contributed by atoms with Crippen molar-refractivity contribution in [3.63, 3.8) is 0 Å². The van der Waals surface area contributed by atoms with E-state index in [1.165, 1.54) is 0 Å². The van der Waals surface area contributed by atoms with Gasteiger partial charge in [0.05, 0.1) is 0 Å². The molecule has 0 aliphatic heterocycles. The van der Waals surface area contributed by atoms with Crippen molar-refractivity contribution in [2.75, 3.05) is 13.2 Å². The van der Waals surface area contributed by atoms with E-state index in [-0.39, 0.29) is 38.4 Å². The van der Waals surface area contributed by atoms with E-state index >= 15 is 0 Å². The molecule has 61 heavy (non-hydrogen) atoms. The lowest BCUT2D eigenvalue weighted by Gasteiger charge is -2.18. The maximum Gasteiger partial charge on any atom is 0.306 e. The molecule has 0 radical (unpaired) electrons. The number of carbonyl (C=O) groups excluding carboxylic acids is 3. The van der Waals surface area contributed by atoms with Gasteiger partial charge in [-0.1, -0.05) is 179 Å². The summed E-state index contributed by atoms with van der Waals surface area (Å²) in [5.74, 6) is -1.21. The van der Waals surface area contributed by atoms with E-state index in [1.807, 2.05) is 24.3 Å². The van der Waals surface area contributed by atoms with Crippen molar-refractivity contribution in [3.05, 3.63) is 158 Å². The Balaban J connectivity index is 4.70. The normalized spacial score (nSPS) is 13.6. The van der Waals surface area contributed by atoms with Gasteiger partial charge in [-0.25, -0.2) is 0 Å². The van der Waals surface area contributed by atoms with Crippen LogP contribution in [0.15, 0.2) is 158 Å². The zero-order valence-electron chi connectivity index (χ0n) is 38.1. The Morgan fingerprint density at radius 3 is 0.918 bits per heavy atom. The van der Waals surface area contributed by atoms with Gasteiger partial charge in [-0.3, -0.25) is 14.4 Å². The topological polar surface area (TPSA) is 78.9 Å². The molecular formula is C55H80O6. The lowest BCUT2D eigenvalue weighted by atomic mass is 10.2. The average Bonchev–Trinajstić information content (AvgIpc) is 3.26. The SMILES string of the molecule is CC/C=C\C/C=C\C/C=C\C/C=C\C/C=C\CCCC(=O)OCC(COC(=O)CC/C=C\C/C=C\C/C=C\C/C=C\CC)OC(=O)CC/C=C\C/C=C\C/C=C\C/C=C\CC. The van der Waals surface area contributed by atoms with E-state index in [4.69, 9.17) is 14.2 Å². The van der Waals surface area contributed by atoms with Gasteiger partial charge >= 0.3 is 17.9 Å². The summed E-state index contributed by atoms with van der Waals surface area (Å²) in [5, 5.41) is 0. The standard InChI is InChI=1S/C55H80O6/c1-4-7-10-13-16-19-22-25-26-27-28-31-33-36-39-42-45-48-54(57)60-51-52(61-55(58)49-46-43-40-37-34-30-24-21-18-15-12-9-6-3)50-59-53(56)47-44-41-38-35-32-29-23-20-17-14-11-8-5-2/h7-12,16-21,25-26,28-32,34,36,38-41,43,52H,4-6,13-15,22-24,27,33,35,37,42,44-51H2,1-3H3/b10-7-,11-8-,12-9-,19-16-,20-17-,21-18-,26-25-,31-28-,32-29-,34-30-,39-36-,41-38-,43-40-. The molecular weight excluding hydrogens is 757 g/mol. The summed E-state index contributed by atoms with van der Waals surface area (Å²) < 4.78 is 16.5. The highest BCUT2D eigenvalue weighted by atomic mass is 16.6. The molecule has 0 rings (SSSR count). The van der Waals surface area contributed by atoms with Gasteiger partial charge in [0.25, 0.3) is 0 Å². The van der Waals surface area contributed by atoms with E-state index in [2.05, 4.69) is 154 Å². The van der Waals surface area contributed by atoms with Crippen LogP contribution in [0.2, 0.25) is 0 Å². The molecule has 6 heteroatoms. The smallest absolute Gasteiger partial charge is 0.306 e. The lowest BCUT2D eigenvalue weighted by Crippen LogP contribution is -2.30. The molecule has 0 amide bonds. The molecule has 1 unspecified atom stereocenters. The molecule has 0 bridgehead atoms. The van der Waals surface area contributed by atoms with E-state index in [1.54, 1.807) is 0 Å². The van der Waals surface area contributed by atoms with Crippen molar-refractivity contribution < 1.29 is 28.6 Å². The van der Waals surface area contributed by atoms with Crippen molar-refractivity contribution in [1.82, 2.24) is 0 Å². The van der Waals surface area contributed by atoms with Crippen molar-refractivity contribution >= 4 is 17.9 Å². The first-order valence-electron chi connectivity index (χ1n) is 23.0. The fourth-order valence-corrected chi connectivity index (χ4v) is 5.21. The van der Waals surface area contributed by atoms with Crippen LogP contribution in [0.25, 0.3) is 0 Å². The van der Waals surface area contributed by atoms with Crippen molar-refractivity contribution in [1.29, 1.82) is 0 Å². The molecule has 0 N–H and O–H groups in total. The van der Waals surface area contributed by atoms with E-state index in [9.17, 15) is 14.4 Å². The zero-order valence-corrected chi connectivity index (χ0v) is 38.1. The van der Waals surface area contributed by atoms with Crippen LogP contribution in [0.3, 0.4) is 0 Å². The molecule has 1 atom stereocenters. The maximum atomic E-state index is 12.7. The Morgan fingerprint density at radius 2 is 0.590 bits per heavy atom. The van der Waals surface area contributed by atoms with Crippen LogP contribution in [-0.4, -0.2) is 37.2 Å². The quantitative estimate of drug-likeness (QED) is 0.0267. The largest absolute Gasteiger partial charge is 0.462 e. The molecule has 0 saturated carbocycles. The Morgan fingerprint density at radius 1 is 0.328 bits per heavy atom. The molecule has 0 spiro atoms. The zero-order chi connectivity index (χ0) is 44.4. The Labute approximate surface area is 371 Å². The summed E-state index contributed by atoms with van der Waals surface area (Å²) in [6.45, 7) is 6.06. The second-order valence-electron chi connectivity index (χ2n) is 14.2. The van der Waals surface area contributed by atoms with Crippen LogP contribution >= 0.6 is 0 Å². The Bertz CT molecular complexity index is 1470. The first kappa shape index (κ1) is 56.0. The molecule has 0 aromatic heterocycles. The number of ether oxygens (including phenoxy) is 3. The second kappa shape index (κ2) is 47.7. The number of rotatable bonds is 38. The molecule has 0 aliphatic rings. The fourth-order valence-electron chi connectivity index (χ4n) is 5.21. The summed E-state index contributed by atoms with van der Waals surface area (Å²) in [7, 11) is 0. The molecule has 0 aliphatic carbocycles. The monoisotopic (exact) mass is 837 g/mol. The van der Waals surface area contributed by atoms with E-state index in [0.29, 0.717) is 19.3 Å². The van der Waals surface area contributed by atoms with Crippen LogP contribution in [0, 0.1) is 0 Å². The third kappa shape index (κ3) is 46.0. The Kier molecular flexibility index (Phi) is 43.8. The highest BCUT2D eigenvalue weighted by Crippen LogP contribution is 2.07. The van der Waals surface area contributed by atoms with Crippen LogP contribution in [0.4, 0.5) is 0 Å². The van der Waals surface area contributed by atoms with Gasteiger partial charge in [0.1, 0.15) is 13.2 Å². The molecule has 0 aromatic rings. The number of hydrogen-bond acceptors (Lipinski definition) is 6. The van der Waals surface area contributed by atoms with Gasteiger partial charge in [-0.15, -0.1) is 0 Å². The van der Waals surface area contributed by atoms with Gasteiger partial charge < -0.3 is 14.2 Å². The third-order valence-electron chi connectivity index (χ3n) is 8.54. The first-order valence-corrected chi connectivity index (χ1v) is 23.0. The van der Waals surface area contributed by atoms with Crippen LogP contribution < -0.4 is 0 Å². The number of hydrogen-bond donors (Lipinski definition) is 0. The molecule has 0 aromatic carbocycles. The van der Waals surface area contributed by atoms with Crippen molar-refractivity contribution in [2.24, 2.45) is 0 Å². The van der Waals surface area contributed by atoms with Crippen molar-refractivity contribution in [2.45, 2.75) is 155 Å². The molecule has 0 saturated heterocycles. The summed E-state index contributed by atoms with van der Waals surface area (Å²) in [6.07, 6.45) is 69.7. The number of unbranched alkanes of at least 4 members (excludes halogenated alkanes) is 1. The first-order chi connectivity index (χ1) is 30.0. The van der Waals surface area contributed by atoms with Gasteiger partial charge in [-0.2, -0.15) is 0 Å². The summed E-state index contributed by atoms with van der Waals surface area (Å²) in [6, 6.07) is 0. The van der Waals surface area contributed by atoms with Crippen LogP contribution in [0.1, 0.15) is 149 Å². The van der Waals surface area contributed by atoms with E-state index in [0.717, 1.165) is 89.9 Å². The minimum Gasteiger partial charge on any atom is -0.462 e. The maximum absolute atomic E-state index is 12.7. The summed E-state index contributed by atoms with van der Waals surface area (Å²) in [4.78, 5) is 37.7. The third-order valence-corrected chi connectivity index (χ3v) is 8.54.